The zero-order chi connectivity index (χ0) is 19.6. The third kappa shape index (κ3) is 3.69. The van der Waals surface area contributed by atoms with Gasteiger partial charge in [0.15, 0.2) is 0 Å². The van der Waals surface area contributed by atoms with Gasteiger partial charge in [-0.1, -0.05) is 6.07 Å². The smallest absolute Gasteiger partial charge is 0.242 e. The Balaban J connectivity index is 1.40. The van der Waals surface area contributed by atoms with Gasteiger partial charge < -0.3 is 5.32 Å². The van der Waals surface area contributed by atoms with E-state index in [0.29, 0.717) is 29.2 Å². The molecule has 0 spiro atoms. The van der Waals surface area contributed by atoms with E-state index in [-0.39, 0.29) is 11.4 Å². The Labute approximate surface area is 165 Å². The van der Waals surface area contributed by atoms with Gasteiger partial charge in [0, 0.05) is 31.5 Å². The molecule has 28 heavy (non-hydrogen) atoms. The Kier molecular flexibility index (Phi) is 4.98. The number of aromatic nitrogens is 6. The first-order valence-corrected chi connectivity index (χ1v) is 10.5. The molecule has 1 aromatic carbocycles. The summed E-state index contributed by atoms with van der Waals surface area (Å²) in [4.78, 5) is 12.7. The highest BCUT2D eigenvalue weighted by Gasteiger charge is 2.18. The normalized spacial score (nSPS) is 11.8. The number of sulfonamides is 1. The zero-order valence-corrected chi connectivity index (χ0v) is 16.4. The van der Waals surface area contributed by atoms with Crippen LogP contribution in [0.1, 0.15) is 5.82 Å². The number of aryl methyl sites for hydroxylation is 1. The lowest BCUT2D eigenvalue weighted by atomic mass is 10.3. The van der Waals surface area contributed by atoms with Gasteiger partial charge in [-0.2, -0.15) is 8.75 Å². The van der Waals surface area contributed by atoms with Crippen molar-refractivity contribution in [1.82, 2.24) is 33.0 Å². The molecule has 0 aliphatic rings. The Morgan fingerprint density at radius 1 is 1.14 bits per heavy atom. The number of anilines is 1. The number of hydrogen-bond acceptors (Lipinski definition) is 9. The van der Waals surface area contributed by atoms with Gasteiger partial charge in [-0.05, 0) is 19.1 Å². The number of imidazole rings is 1. The second-order valence-corrected chi connectivity index (χ2v) is 8.08. The summed E-state index contributed by atoms with van der Waals surface area (Å²) >= 11 is 0.985. The Bertz CT molecular complexity index is 1220. The van der Waals surface area contributed by atoms with Crippen LogP contribution in [-0.4, -0.2) is 49.8 Å². The van der Waals surface area contributed by atoms with Crippen LogP contribution in [0.5, 0.6) is 0 Å². The van der Waals surface area contributed by atoms with Crippen molar-refractivity contribution in [3.63, 3.8) is 0 Å². The van der Waals surface area contributed by atoms with Gasteiger partial charge in [0.05, 0.1) is 11.7 Å². The number of nitrogens with zero attached hydrogens (tertiary/aromatic N) is 6. The van der Waals surface area contributed by atoms with Crippen molar-refractivity contribution in [3.8, 4) is 5.82 Å². The maximum absolute atomic E-state index is 12.6. The minimum absolute atomic E-state index is 0.124. The largest absolute Gasteiger partial charge is 0.369 e. The molecule has 3 aromatic heterocycles. The number of rotatable bonds is 7. The van der Waals surface area contributed by atoms with E-state index in [0.717, 1.165) is 17.6 Å². The maximum atomic E-state index is 12.6. The topological polar surface area (TPSA) is 128 Å². The number of nitrogens with one attached hydrogen (secondary N) is 2. The Morgan fingerprint density at radius 2 is 2.04 bits per heavy atom. The Hall–Kier alpha value is -2.96. The first-order chi connectivity index (χ1) is 13.5. The second kappa shape index (κ2) is 7.58. The molecule has 144 valence electrons. The van der Waals surface area contributed by atoms with Crippen molar-refractivity contribution in [2.45, 2.75) is 11.8 Å². The monoisotopic (exact) mass is 416 g/mol. The van der Waals surface area contributed by atoms with E-state index < -0.39 is 10.0 Å². The fourth-order valence-corrected chi connectivity index (χ4v) is 4.44. The molecule has 0 atom stereocenters. The molecule has 0 aliphatic heterocycles. The molecule has 4 aromatic rings. The molecule has 0 aliphatic carbocycles. The van der Waals surface area contributed by atoms with E-state index in [9.17, 15) is 8.42 Å². The Morgan fingerprint density at radius 3 is 2.86 bits per heavy atom. The molecule has 0 fully saturated rings. The van der Waals surface area contributed by atoms with E-state index in [4.69, 9.17) is 0 Å². The highest BCUT2D eigenvalue weighted by molar-refractivity contribution is 7.89. The van der Waals surface area contributed by atoms with Crippen LogP contribution in [0.4, 0.5) is 5.82 Å². The van der Waals surface area contributed by atoms with Gasteiger partial charge in [-0.25, -0.2) is 28.1 Å². The molecule has 12 heteroatoms. The molecule has 0 radical (unpaired) electrons. The molecular formula is C16H16N8O2S2. The van der Waals surface area contributed by atoms with E-state index in [1.54, 1.807) is 24.4 Å². The molecule has 2 N–H and O–H groups in total. The summed E-state index contributed by atoms with van der Waals surface area (Å²) < 4.78 is 37.7. The van der Waals surface area contributed by atoms with Crippen LogP contribution in [0.3, 0.4) is 0 Å². The molecule has 0 amide bonds. The lowest BCUT2D eigenvalue weighted by Crippen LogP contribution is -2.29. The SMILES string of the molecule is Cc1nccn1-c1cc(NCCNS(=O)(=O)c2cccc3nsnc23)ncn1. The van der Waals surface area contributed by atoms with Crippen LogP contribution in [0.25, 0.3) is 16.9 Å². The van der Waals surface area contributed by atoms with Crippen molar-refractivity contribution in [3.05, 3.63) is 48.8 Å². The van der Waals surface area contributed by atoms with Gasteiger partial charge in [0.1, 0.15) is 39.7 Å². The molecular weight excluding hydrogens is 400 g/mol. The van der Waals surface area contributed by atoms with Gasteiger partial charge in [-0.15, -0.1) is 0 Å². The third-order valence-electron chi connectivity index (χ3n) is 3.99. The fraction of sp³-hybridized carbons (Fsp3) is 0.188. The lowest BCUT2D eigenvalue weighted by molar-refractivity contribution is 0.583. The summed E-state index contributed by atoms with van der Waals surface area (Å²) in [6, 6.07) is 6.67. The minimum Gasteiger partial charge on any atom is -0.369 e. The summed E-state index contributed by atoms with van der Waals surface area (Å²) in [6.45, 7) is 2.41. The summed E-state index contributed by atoms with van der Waals surface area (Å²) in [5, 5.41) is 3.08. The molecule has 3 heterocycles. The number of benzene rings is 1. The summed E-state index contributed by atoms with van der Waals surface area (Å²) in [5.41, 5.74) is 0.943. The van der Waals surface area contributed by atoms with Gasteiger partial charge in [0.2, 0.25) is 10.0 Å². The molecule has 0 unspecified atom stereocenters. The molecule has 0 saturated heterocycles. The predicted molar refractivity (Wildman–Crippen MR) is 105 cm³/mol. The van der Waals surface area contributed by atoms with Crippen molar-refractivity contribution < 1.29 is 8.42 Å². The van der Waals surface area contributed by atoms with Gasteiger partial charge >= 0.3 is 0 Å². The predicted octanol–water partition coefficient (Wildman–Crippen LogP) is 1.37. The average molecular weight is 416 g/mol. The lowest BCUT2D eigenvalue weighted by Gasteiger charge is -2.10. The van der Waals surface area contributed by atoms with E-state index in [2.05, 4.69) is 33.7 Å². The minimum atomic E-state index is -3.69. The molecule has 0 bridgehead atoms. The van der Waals surface area contributed by atoms with E-state index in [1.807, 2.05) is 17.7 Å². The summed E-state index contributed by atoms with van der Waals surface area (Å²) in [7, 11) is -3.69. The fourth-order valence-electron chi connectivity index (χ4n) is 2.65. The van der Waals surface area contributed by atoms with Crippen molar-refractivity contribution >= 4 is 38.6 Å². The molecule has 0 saturated carbocycles. The highest BCUT2D eigenvalue weighted by atomic mass is 32.2. The summed E-state index contributed by atoms with van der Waals surface area (Å²) in [5.74, 6) is 2.07. The molecule has 10 nitrogen and oxygen atoms in total. The molecule has 4 rings (SSSR count). The first kappa shape index (κ1) is 18.4. The number of hydrogen-bond donors (Lipinski definition) is 2. The number of fused-ring (bicyclic) bond motifs is 1. The highest BCUT2D eigenvalue weighted by Crippen LogP contribution is 2.20. The zero-order valence-electron chi connectivity index (χ0n) is 14.8. The standard InChI is InChI=1S/C16H16N8O2S2/c1-11-17-7-8-24(11)15-9-14(19-10-20-15)18-5-6-21-28(25,26)13-4-2-3-12-16(13)23-27-22-12/h2-4,7-10,21H,5-6H2,1H3,(H,18,19,20). The van der Waals surface area contributed by atoms with E-state index in [1.165, 1.54) is 12.4 Å². The van der Waals surface area contributed by atoms with Crippen LogP contribution in [0.15, 0.2) is 47.9 Å². The van der Waals surface area contributed by atoms with Gasteiger partial charge in [0.25, 0.3) is 0 Å². The van der Waals surface area contributed by atoms with Crippen molar-refractivity contribution in [2.24, 2.45) is 0 Å². The van der Waals surface area contributed by atoms with Crippen molar-refractivity contribution in [1.29, 1.82) is 0 Å². The van der Waals surface area contributed by atoms with Crippen LogP contribution >= 0.6 is 11.7 Å². The van der Waals surface area contributed by atoms with Crippen LogP contribution in [0.2, 0.25) is 0 Å². The van der Waals surface area contributed by atoms with E-state index >= 15 is 0 Å². The summed E-state index contributed by atoms with van der Waals surface area (Å²) in [6.07, 6.45) is 4.94. The maximum Gasteiger partial charge on any atom is 0.242 e. The van der Waals surface area contributed by atoms with Gasteiger partial charge in [-0.3, -0.25) is 4.57 Å². The average Bonchev–Trinajstić information content (AvgIpc) is 3.34. The first-order valence-electron chi connectivity index (χ1n) is 8.32. The second-order valence-electron chi connectivity index (χ2n) is 5.82. The third-order valence-corrected chi connectivity index (χ3v) is 6.02. The van der Waals surface area contributed by atoms with Crippen LogP contribution in [-0.2, 0) is 10.0 Å². The quantitative estimate of drug-likeness (QED) is 0.432. The van der Waals surface area contributed by atoms with Crippen LogP contribution in [0, 0.1) is 6.92 Å². The van der Waals surface area contributed by atoms with Crippen LogP contribution < -0.4 is 10.0 Å². The van der Waals surface area contributed by atoms with Crippen molar-refractivity contribution in [2.75, 3.05) is 18.4 Å².